The highest BCUT2D eigenvalue weighted by atomic mass is 15.4. The Hall–Kier alpha value is -2.47. The predicted octanol–water partition coefficient (Wildman–Crippen LogP) is 5.14. The summed E-state index contributed by atoms with van der Waals surface area (Å²) in [5, 5.41) is 1.57. The van der Waals surface area contributed by atoms with Crippen LogP contribution in [0.15, 0.2) is 40.1 Å². The van der Waals surface area contributed by atoms with Crippen LogP contribution in [0.2, 0.25) is 0 Å². The molecule has 1 aromatic rings. The van der Waals surface area contributed by atoms with E-state index in [1.807, 2.05) is 19.9 Å². The lowest BCUT2D eigenvalue weighted by Gasteiger charge is -2.23. The summed E-state index contributed by atoms with van der Waals surface area (Å²) in [6.07, 6.45) is 11.7. The summed E-state index contributed by atoms with van der Waals surface area (Å²) in [4.78, 5) is 13.7. The standard InChI is InChI=1S/C25H40N6/c1-6-18(3)29-24(28-7-2)16-15-23(31(5)27)25(26)22-14-13-21(19(4)30-22)17-20-11-9-8-10-12-20/h7,13-14,20H,3,6,8-12,15-17,26-27H2,1-2,4-5H3/b25-23-,28-7-,29-24-. The highest BCUT2D eigenvalue weighted by Gasteiger charge is 2.17. The molecular formula is C25H40N6. The van der Waals surface area contributed by atoms with E-state index in [1.165, 1.54) is 37.7 Å². The molecule has 0 aromatic carbocycles. The molecule has 0 aliphatic heterocycles. The van der Waals surface area contributed by atoms with Crippen molar-refractivity contribution in [3.05, 3.63) is 47.1 Å². The maximum atomic E-state index is 6.53. The normalized spacial score (nSPS) is 16.5. The van der Waals surface area contributed by atoms with Crippen molar-refractivity contribution in [3.8, 4) is 0 Å². The Labute approximate surface area is 188 Å². The molecule has 6 heteroatoms. The number of aryl methyl sites for hydroxylation is 1. The SMILES string of the molecule is C=C(CC)/N=C(CC/C(=C(/N)c1ccc(CC2CCCCC2)c(C)n1)N(C)N)\N=C/C. The van der Waals surface area contributed by atoms with Gasteiger partial charge >= 0.3 is 0 Å². The second-order valence-electron chi connectivity index (χ2n) is 8.46. The first-order chi connectivity index (χ1) is 14.8. The number of pyridine rings is 1. The number of hydrogen-bond donors (Lipinski definition) is 2. The van der Waals surface area contributed by atoms with Crippen molar-refractivity contribution < 1.29 is 0 Å². The molecule has 4 N–H and O–H groups in total. The number of nitrogens with zero attached hydrogens (tertiary/aromatic N) is 4. The molecule has 0 atom stereocenters. The van der Waals surface area contributed by atoms with E-state index in [2.05, 4.69) is 29.6 Å². The molecule has 0 radical (unpaired) electrons. The predicted molar refractivity (Wildman–Crippen MR) is 133 cm³/mol. The number of aromatic nitrogens is 1. The minimum atomic E-state index is 0.603. The molecule has 1 aliphatic carbocycles. The first-order valence-corrected chi connectivity index (χ1v) is 11.5. The smallest absolute Gasteiger partial charge is 0.128 e. The Morgan fingerprint density at radius 2 is 1.97 bits per heavy atom. The van der Waals surface area contributed by atoms with Crippen molar-refractivity contribution >= 4 is 17.7 Å². The fraction of sp³-hybridized carbons (Fsp3) is 0.560. The molecule has 0 saturated heterocycles. The second kappa shape index (κ2) is 12.4. The van der Waals surface area contributed by atoms with E-state index in [0.717, 1.165) is 47.4 Å². The van der Waals surface area contributed by atoms with Gasteiger partial charge in [-0.1, -0.05) is 51.7 Å². The zero-order chi connectivity index (χ0) is 22.8. The fourth-order valence-electron chi connectivity index (χ4n) is 4.10. The maximum absolute atomic E-state index is 6.53. The summed E-state index contributed by atoms with van der Waals surface area (Å²) in [5.41, 5.74) is 11.9. The van der Waals surface area contributed by atoms with Gasteiger partial charge in [0.2, 0.25) is 0 Å². The number of rotatable bonds is 9. The Morgan fingerprint density at radius 3 is 2.55 bits per heavy atom. The third-order valence-electron chi connectivity index (χ3n) is 6.00. The number of nitrogens with two attached hydrogens (primary N) is 2. The summed E-state index contributed by atoms with van der Waals surface area (Å²) in [7, 11) is 1.80. The summed E-state index contributed by atoms with van der Waals surface area (Å²) >= 11 is 0. The van der Waals surface area contributed by atoms with E-state index in [4.69, 9.17) is 16.6 Å². The minimum absolute atomic E-state index is 0.603. The van der Waals surface area contributed by atoms with E-state index < -0.39 is 0 Å². The summed E-state index contributed by atoms with van der Waals surface area (Å²) < 4.78 is 0. The summed E-state index contributed by atoms with van der Waals surface area (Å²) in [6, 6.07) is 4.22. The topological polar surface area (TPSA) is 92.9 Å². The summed E-state index contributed by atoms with van der Waals surface area (Å²) in [6.45, 7) is 9.95. The van der Waals surface area contributed by atoms with Crippen molar-refractivity contribution in [3.63, 3.8) is 0 Å². The molecular weight excluding hydrogens is 384 g/mol. The van der Waals surface area contributed by atoms with Crippen molar-refractivity contribution in [2.24, 2.45) is 27.5 Å². The van der Waals surface area contributed by atoms with Crippen LogP contribution in [0.3, 0.4) is 0 Å². The van der Waals surface area contributed by atoms with Gasteiger partial charge < -0.3 is 10.7 Å². The van der Waals surface area contributed by atoms with Gasteiger partial charge in [-0.05, 0) is 50.7 Å². The van der Waals surface area contributed by atoms with Gasteiger partial charge in [-0.2, -0.15) is 0 Å². The average Bonchev–Trinajstić information content (AvgIpc) is 2.75. The monoisotopic (exact) mass is 424 g/mol. The van der Waals surface area contributed by atoms with Gasteiger partial charge in [0.1, 0.15) is 5.84 Å². The van der Waals surface area contributed by atoms with Gasteiger partial charge in [0, 0.05) is 31.1 Å². The second-order valence-corrected chi connectivity index (χ2v) is 8.46. The van der Waals surface area contributed by atoms with Crippen LogP contribution in [0.5, 0.6) is 0 Å². The Morgan fingerprint density at radius 1 is 1.26 bits per heavy atom. The molecule has 0 bridgehead atoms. The molecule has 1 heterocycles. The third kappa shape index (κ3) is 7.62. The van der Waals surface area contributed by atoms with E-state index >= 15 is 0 Å². The molecule has 2 rings (SSSR count). The van der Waals surface area contributed by atoms with Gasteiger partial charge in [0.05, 0.1) is 17.1 Å². The van der Waals surface area contributed by atoms with Gasteiger partial charge in [-0.25, -0.2) is 15.8 Å². The first-order valence-electron chi connectivity index (χ1n) is 11.5. The van der Waals surface area contributed by atoms with Crippen LogP contribution in [0.1, 0.15) is 82.2 Å². The van der Waals surface area contributed by atoms with Crippen molar-refractivity contribution in [2.45, 2.75) is 78.6 Å². The number of aliphatic imine (C=N–C) groups is 2. The third-order valence-corrected chi connectivity index (χ3v) is 6.00. The van der Waals surface area contributed by atoms with Crippen LogP contribution < -0.4 is 11.6 Å². The molecule has 6 nitrogen and oxygen atoms in total. The van der Waals surface area contributed by atoms with E-state index in [0.29, 0.717) is 18.5 Å². The fourth-order valence-corrected chi connectivity index (χ4v) is 4.10. The quantitative estimate of drug-likeness (QED) is 0.248. The van der Waals surface area contributed by atoms with Crippen molar-refractivity contribution in [1.29, 1.82) is 0 Å². The lowest BCUT2D eigenvalue weighted by Crippen LogP contribution is -2.28. The highest BCUT2D eigenvalue weighted by molar-refractivity contribution is 5.90. The Kier molecular flexibility index (Phi) is 9.92. The van der Waals surface area contributed by atoms with Crippen LogP contribution >= 0.6 is 0 Å². The highest BCUT2D eigenvalue weighted by Crippen LogP contribution is 2.28. The van der Waals surface area contributed by atoms with Crippen LogP contribution in [-0.4, -0.2) is 29.1 Å². The van der Waals surface area contributed by atoms with Crippen molar-refractivity contribution in [2.75, 3.05) is 7.05 Å². The molecule has 1 fully saturated rings. The Balaban J connectivity index is 2.20. The zero-order valence-electron chi connectivity index (χ0n) is 19.8. The Bertz CT molecular complexity index is 828. The molecule has 1 aliphatic rings. The van der Waals surface area contributed by atoms with Gasteiger partial charge in [0.15, 0.2) is 0 Å². The number of allylic oxidation sites excluding steroid dienone is 2. The van der Waals surface area contributed by atoms with Crippen LogP contribution in [-0.2, 0) is 6.42 Å². The van der Waals surface area contributed by atoms with E-state index in [1.54, 1.807) is 18.3 Å². The van der Waals surface area contributed by atoms with Crippen LogP contribution in [0.25, 0.3) is 5.70 Å². The summed E-state index contributed by atoms with van der Waals surface area (Å²) in [5.74, 6) is 7.64. The maximum Gasteiger partial charge on any atom is 0.128 e. The minimum Gasteiger partial charge on any atom is -0.396 e. The van der Waals surface area contributed by atoms with Crippen LogP contribution in [0, 0.1) is 12.8 Å². The molecule has 31 heavy (non-hydrogen) atoms. The molecule has 1 aromatic heterocycles. The van der Waals surface area contributed by atoms with Gasteiger partial charge in [0.25, 0.3) is 0 Å². The largest absolute Gasteiger partial charge is 0.396 e. The lowest BCUT2D eigenvalue weighted by molar-refractivity contribution is 0.356. The molecule has 0 unspecified atom stereocenters. The number of hydrogen-bond acceptors (Lipinski definition) is 5. The van der Waals surface area contributed by atoms with Gasteiger partial charge in [-0.15, -0.1) is 0 Å². The first kappa shape index (κ1) is 24.8. The molecule has 1 saturated carbocycles. The molecule has 0 spiro atoms. The zero-order valence-corrected chi connectivity index (χ0v) is 19.8. The van der Waals surface area contributed by atoms with Crippen molar-refractivity contribution in [1.82, 2.24) is 9.99 Å². The molecule has 170 valence electrons. The van der Waals surface area contributed by atoms with E-state index in [-0.39, 0.29) is 0 Å². The number of amidine groups is 1. The molecule has 0 amide bonds. The van der Waals surface area contributed by atoms with Crippen LogP contribution in [0.4, 0.5) is 0 Å². The van der Waals surface area contributed by atoms with E-state index in [9.17, 15) is 0 Å². The lowest BCUT2D eigenvalue weighted by atomic mass is 9.84. The van der Waals surface area contributed by atoms with Gasteiger partial charge in [-0.3, -0.25) is 4.98 Å². The number of hydrazine groups is 1. The average molecular weight is 425 g/mol.